The molecule has 0 aliphatic carbocycles. The van der Waals surface area contributed by atoms with Crippen molar-refractivity contribution in [1.29, 1.82) is 0 Å². The van der Waals surface area contributed by atoms with Gasteiger partial charge < -0.3 is 15.5 Å². The van der Waals surface area contributed by atoms with E-state index < -0.39 is 11.8 Å². The smallest absolute Gasteiger partial charge is 0.253 e. The number of phenols is 2. The molecule has 0 aromatic heterocycles. The molecule has 7 nitrogen and oxygen atoms in total. The monoisotopic (exact) mass is 367 g/mol. The van der Waals surface area contributed by atoms with Crippen molar-refractivity contribution in [2.24, 2.45) is 11.0 Å². The summed E-state index contributed by atoms with van der Waals surface area (Å²) in [5, 5.41) is 26.5. The van der Waals surface area contributed by atoms with Crippen LogP contribution in [0.2, 0.25) is 0 Å². The van der Waals surface area contributed by atoms with Crippen LogP contribution in [-0.4, -0.2) is 34.8 Å². The first-order valence-corrected chi connectivity index (χ1v) is 8.58. The minimum Gasteiger partial charge on any atom is -0.508 e. The van der Waals surface area contributed by atoms with Gasteiger partial charge >= 0.3 is 0 Å². The Morgan fingerprint density at radius 3 is 2.67 bits per heavy atom. The quantitative estimate of drug-likeness (QED) is 0.374. The Hall–Kier alpha value is -3.35. The van der Waals surface area contributed by atoms with Gasteiger partial charge in [-0.1, -0.05) is 30.3 Å². The molecule has 7 heteroatoms. The van der Waals surface area contributed by atoms with Crippen molar-refractivity contribution in [2.75, 3.05) is 6.54 Å². The third-order valence-corrected chi connectivity index (χ3v) is 4.83. The molecule has 1 aliphatic heterocycles. The Bertz CT molecular complexity index is 909. The van der Waals surface area contributed by atoms with Crippen molar-refractivity contribution in [3.8, 4) is 11.5 Å². The second kappa shape index (κ2) is 7.49. The fourth-order valence-corrected chi connectivity index (χ4v) is 3.23. The predicted octanol–water partition coefficient (Wildman–Crippen LogP) is 1.69. The number of carbonyl (C=O) groups is 2. The van der Waals surface area contributed by atoms with Crippen LogP contribution in [0.5, 0.6) is 11.5 Å². The molecule has 140 valence electrons. The van der Waals surface area contributed by atoms with E-state index in [1.165, 1.54) is 12.3 Å². The molecule has 2 aromatic carbocycles. The van der Waals surface area contributed by atoms with Crippen LogP contribution in [0.3, 0.4) is 0 Å². The van der Waals surface area contributed by atoms with Crippen molar-refractivity contribution in [2.45, 2.75) is 19.8 Å². The Kier molecular flexibility index (Phi) is 5.12. The first-order valence-electron chi connectivity index (χ1n) is 8.58. The number of nitrogens with zero attached hydrogens (tertiary/aromatic N) is 1. The minimum absolute atomic E-state index is 0.0143. The SMILES string of the molecule is Cc1cc(O)c(C)c(O)c1C=NNC(=O)C1C(=O)NCC1c1ccccc1. The van der Waals surface area contributed by atoms with Crippen LogP contribution in [-0.2, 0) is 9.59 Å². The van der Waals surface area contributed by atoms with Crippen molar-refractivity contribution in [3.63, 3.8) is 0 Å². The van der Waals surface area contributed by atoms with Crippen LogP contribution >= 0.6 is 0 Å². The van der Waals surface area contributed by atoms with Gasteiger partial charge in [0.15, 0.2) is 0 Å². The Morgan fingerprint density at radius 1 is 1.26 bits per heavy atom. The van der Waals surface area contributed by atoms with Gasteiger partial charge in [0.2, 0.25) is 5.91 Å². The van der Waals surface area contributed by atoms with Gasteiger partial charge in [0.1, 0.15) is 17.4 Å². The minimum atomic E-state index is -0.874. The van der Waals surface area contributed by atoms with E-state index in [-0.39, 0.29) is 23.3 Å². The molecule has 2 unspecified atom stereocenters. The normalized spacial score (nSPS) is 19.3. The van der Waals surface area contributed by atoms with Crippen LogP contribution < -0.4 is 10.7 Å². The third-order valence-electron chi connectivity index (χ3n) is 4.83. The summed E-state index contributed by atoms with van der Waals surface area (Å²) in [6.45, 7) is 3.67. The average Bonchev–Trinajstić information content (AvgIpc) is 3.05. The van der Waals surface area contributed by atoms with Crippen molar-refractivity contribution in [3.05, 3.63) is 58.7 Å². The molecule has 1 heterocycles. The second-order valence-electron chi connectivity index (χ2n) is 6.57. The standard InChI is InChI=1S/C20H21N3O4/c1-11-8-16(24)12(2)18(25)14(11)10-22-23-20(27)17-15(9-21-19(17)26)13-6-4-3-5-7-13/h3-8,10,15,17,24-25H,9H2,1-2H3,(H,21,26)(H,23,27). The number of rotatable bonds is 4. The second-order valence-corrected chi connectivity index (χ2v) is 6.57. The number of phenolic OH excluding ortho intramolecular Hbond substituents is 2. The summed E-state index contributed by atoms with van der Waals surface area (Å²) in [6.07, 6.45) is 1.30. The topological polar surface area (TPSA) is 111 Å². The van der Waals surface area contributed by atoms with Crippen molar-refractivity contribution < 1.29 is 19.8 Å². The molecule has 2 atom stereocenters. The molecule has 0 spiro atoms. The number of benzene rings is 2. The van der Waals surface area contributed by atoms with Gasteiger partial charge in [0.25, 0.3) is 5.91 Å². The fourth-order valence-electron chi connectivity index (χ4n) is 3.23. The number of hydrazone groups is 1. The van der Waals surface area contributed by atoms with Gasteiger partial charge in [-0.25, -0.2) is 5.43 Å². The molecular weight excluding hydrogens is 346 g/mol. The van der Waals surface area contributed by atoms with E-state index >= 15 is 0 Å². The highest BCUT2D eigenvalue weighted by Gasteiger charge is 2.40. The van der Waals surface area contributed by atoms with Crippen LogP contribution in [0.15, 0.2) is 41.5 Å². The fraction of sp³-hybridized carbons (Fsp3) is 0.250. The number of hydrogen-bond acceptors (Lipinski definition) is 5. The largest absolute Gasteiger partial charge is 0.508 e. The Balaban J connectivity index is 1.76. The zero-order chi connectivity index (χ0) is 19.6. The summed E-state index contributed by atoms with van der Waals surface area (Å²) in [6, 6.07) is 10.9. The highest BCUT2D eigenvalue weighted by molar-refractivity contribution is 6.03. The molecular formula is C20H21N3O4. The van der Waals surface area contributed by atoms with Crippen LogP contribution in [0.1, 0.15) is 28.2 Å². The zero-order valence-corrected chi connectivity index (χ0v) is 15.1. The van der Waals surface area contributed by atoms with E-state index in [0.717, 1.165) is 5.56 Å². The highest BCUT2D eigenvalue weighted by atomic mass is 16.3. The number of carbonyl (C=O) groups excluding carboxylic acids is 2. The number of amides is 2. The molecule has 27 heavy (non-hydrogen) atoms. The number of aryl methyl sites for hydroxylation is 1. The lowest BCUT2D eigenvalue weighted by Crippen LogP contribution is -2.34. The first-order chi connectivity index (χ1) is 12.9. The molecule has 1 aliphatic rings. The predicted molar refractivity (Wildman–Crippen MR) is 101 cm³/mol. The molecule has 2 amide bonds. The number of hydrogen-bond donors (Lipinski definition) is 4. The maximum absolute atomic E-state index is 12.5. The maximum atomic E-state index is 12.5. The van der Waals surface area contributed by atoms with Gasteiger partial charge in [-0.05, 0) is 31.0 Å². The van der Waals surface area contributed by atoms with Gasteiger partial charge in [-0.15, -0.1) is 0 Å². The lowest BCUT2D eigenvalue weighted by molar-refractivity contribution is -0.133. The van der Waals surface area contributed by atoms with Gasteiger partial charge in [0, 0.05) is 23.6 Å². The van der Waals surface area contributed by atoms with E-state index in [1.807, 2.05) is 30.3 Å². The van der Waals surface area contributed by atoms with Crippen LogP contribution in [0, 0.1) is 19.8 Å². The van der Waals surface area contributed by atoms with Gasteiger partial charge in [-0.3, -0.25) is 9.59 Å². The molecule has 0 radical (unpaired) electrons. The Morgan fingerprint density at radius 2 is 1.96 bits per heavy atom. The summed E-state index contributed by atoms with van der Waals surface area (Å²) in [5.74, 6) is -2.11. The molecule has 1 fully saturated rings. The van der Waals surface area contributed by atoms with Gasteiger partial charge in [0.05, 0.1) is 6.21 Å². The summed E-state index contributed by atoms with van der Waals surface area (Å²) in [4.78, 5) is 24.7. The third kappa shape index (κ3) is 3.62. The van der Waals surface area contributed by atoms with Crippen LogP contribution in [0.4, 0.5) is 0 Å². The lowest BCUT2D eigenvalue weighted by atomic mass is 9.88. The van der Waals surface area contributed by atoms with E-state index in [4.69, 9.17) is 0 Å². The lowest BCUT2D eigenvalue weighted by Gasteiger charge is -2.15. The van der Waals surface area contributed by atoms with E-state index in [9.17, 15) is 19.8 Å². The summed E-state index contributed by atoms with van der Waals surface area (Å²) < 4.78 is 0. The summed E-state index contributed by atoms with van der Waals surface area (Å²) >= 11 is 0. The van der Waals surface area contributed by atoms with E-state index in [2.05, 4.69) is 15.8 Å². The van der Waals surface area contributed by atoms with Gasteiger partial charge in [-0.2, -0.15) is 5.10 Å². The zero-order valence-electron chi connectivity index (χ0n) is 15.1. The first kappa shape index (κ1) is 18.4. The molecule has 3 rings (SSSR count). The summed E-state index contributed by atoms with van der Waals surface area (Å²) in [5.41, 5.74) is 4.62. The number of aromatic hydroxyl groups is 2. The molecule has 0 saturated carbocycles. The molecule has 1 saturated heterocycles. The molecule has 4 N–H and O–H groups in total. The summed E-state index contributed by atoms with van der Waals surface area (Å²) in [7, 11) is 0. The average molecular weight is 367 g/mol. The highest BCUT2D eigenvalue weighted by Crippen LogP contribution is 2.31. The molecule has 0 bridgehead atoms. The van der Waals surface area contributed by atoms with Crippen molar-refractivity contribution in [1.82, 2.24) is 10.7 Å². The van der Waals surface area contributed by atoms with Crippen LogP contribution in [0.25, 0.3) is 0 Å². The van der Waals surface area contributed by atoms with Crippen molar-refractivity contribution >= 4 is 18.0 Å². The van der Waals surface area contributed by atoms with E-state index in [0.29, 0.717) is 23.2 Å². The number of nitrogens with one attached hydrogen (secondary N) is 2. The molecule has 2 aromatic rings. The Labute approximate surface area is 156 Å². The maximum Gasteiger partial charge on any atom is 0.253 e. The van der Waals surface area contributed by atoms with E-state index in [1.54, 1.807) is 13.8 Å².